The van der Waals surface area contributed by atoms with Crippen LogP contribution in [0, 0.1) is 0 Å². The van der Waals surface area contributed by atoms with Crippen molar-refractivity contribution in [2.24, 2.45) is 0 Å². The lowest BCUT2D eigenvalue weighted by Crippen LogP contribution is -2.11. The molecule has 0 bridgehead atoms. The molecule has 0 aromatic carbocycles. The van der Waals surface area contributed by atoms with E-state index in [1.165, 1.54) is 0 Å². The van der Waals surface area contributed by atoms with Gasteiger partial charge in [0, 0.05) is 18.3 Å². The average molecular weight is 246 g/mol. The molecule has 94 valence electrons. The molecule has 2 rings (SSSR count). The van der Waals surface area contributed by atoms with Gasteiger partial charge in [-0.05, 0) is 13.0 Å². The minimum Gasteiger partial charge on any atom is -0.497 e. The first-order chi connectivity index (χ1) is 8.72. The second-order valence-corrected chi connectivity index (χ2v) is 3.66. The summed E-state index contributed by atoms with van der Waals surface area (Å²) in [4.78, 5) is 4.15. The molecule has 0 aliphatic rings. The van der Waals surface area contributed by atoms with E-state index in [1.54, 1.807) is 31.5 Å². The minimum absolute atomic E-state index is 0.0524. The number of rotatable bonds is 5. The van der Waals surface area contributed by atoms with Gasteiger partial charge in [0.25, 0.3) is 5.89 Å². The van der Waals surface area contributed by atoms with Crippen molar-refractivity contribution in [2.75, 3.05) is 12.4 Å². The topological polar surface area (TPSA) is 73.1 Å². The Kier molecular flexibility index (Phi) is 3.57. The molecule has 18 heavy (non-hydrogen) atoms. The van der Waals surface area contributed by atoms with Gasteiger partial charge in [-0.3, -0.25) is 4.98 Å². The molecular formula is C12H14N4O2. The number of nitrogens with one attached hydrogen (secondary N) is 1. The van der Waals surface area contributed by atoms with Crippen LogP contribution in [0.2, 0.25) is 0 Å². The smallest absolute Gasteiger partial charge is 0.316 e. The van der Waals surface area contributed by atoms with Crippen LogP contribution in [0.5, 0.6) is 5.75 Å². The lowest BCUT2D eigenvalue weighted by Gasteiger charge is -2.04. The zero-order valence-electron chi connectivity index (χ0n) is 10.3. The van der Waals surface area contributed by atoms with Crippen LogP contribution < -0.4 is 10.1 Å². The van der Waals surface area contributed by atoms with E-state index in [0.29, 0.717) is 23.3 Å². The molecule has 0 amide bonds. The van der Waals surface area contributed by atoms with Crippen LogP contribution in [0.1, 0.15) is 6.92 Å². The van der Waals surface area contributed by atoms with E-state index >= 15 is 0 Å². The van der Waals surface area contributed by atoms with Gasteiger partial charge >= 0.3 is 6.01 Å². The zero-order valence-corrected chi connectivity index (χ0v) is 10.3. The lowest BCUT2D eigenvalue weighted by atomic mass is 10.3. The quantitative estimate of drug-likeness (QED) is 0.815. The van der Waals surface area contributed by atoms with E-state index in [9.17, 15) is 0 Å². The molecule has 0 fully saturated rings. The molecule has 1 N–H and O–H groups in total. The van der Waals surface area contributed by atoms with E-state index < -0.39 is 0 Å². The summed E-state index contributed by atoms with van der Waals surface area (Å²) in [5.74, 6) is 1.03. The third kappa shape index (κ3) is 2.65. The number of methoxy groups -OCH3 is 1. The highest BCUT2D eigenvalue weighted by atomic mass is 16.5. The van der Waals surface area contributed by atoms with Crippen molar-refractivity contribution in [3.63, 3.8) is 0 Å². The van der Waals surface area contributed by atoms with Gasteiger partial charge in [0.2, 0.25) is 0 Å². The molecule has 0 spiro atoms. The molecule has 2 aromatic heterocycles. The normalized spacial score (nSPS) is 11.9. The van der Waals surface area contributed by atoms with Gasteiger partial charge in [-0.1, -0.05) is 11.2 Å². The summed E-state index contributed by atoms with van der Waals surface area (Å²) in [6, 6.07) is 3.87. The molecule has 1 unspecified atom stereocenters. The van der Waals surface area contributed by atoms with Gasteiger partial charge < -0.3 is 14.5 Å². The molecule has 2 aromatic rings. The van der Waals surface area contributed by atoms with Crippen LogP contribution in [0.15, 0.2) is 35.4 Å². The Balaban J connectivity index is 2.20. The maximum absolute atomic E-state index is 5.44. The second kappa shape index (κ2) is 5.31. The van der Waals surface area contributed by atoms with Crippen molar-refractivity contribution in [3.8, 4) is 17.3 Å². The number of hydrogen-bond acceptors (Lipinski definition) is 6. The molecule has 2 heterocycles. The highest BCUT2D eigenvalue weighted by molar-refractivity contribution is 5.50. The second-order valence-electron chi connectivity index (χ2n) is 3.66. The number of ether oxygens (including phenoxy) is 1. The zero-order chi connectivity index (χ0) is 13.0. The Labute approximate surface area is 105 Å². The monoisotopic (exact) mass is 246 g/mol. The first-order valence-corrected chi connectivity index (χ1v) is 5.46. The summed E-state index contributed by atoms with van der Waals surface area (Å²) in [7, 11) is 1.59. The predicted octanol–water partition coefficient (Wildman–Crippen LogP) is 2.13. The molecular weight excluding hydrogens is 232 g/mol. The van der Waals surface area contributed by atoms with Gasteiger partial charge in [-0.15, -0.1) is 11.7 Å². The largest absolute Gasteiger partial charge is 0.497 e. The van der Waals surface area contributed by atoms with Crippen molar-refractivity contribution in [1.29, 1.82) is 0 Å². The Morgan fingerprint density at radius 1 is 1.50 bits per heavy atom. The number of pyridine rings is 1. The summed E-state index contributed by atoms with van der Waals surface area (Å²) in [6.07, 6.45) is 3.37. The lowest BCUT2D eigenvalue weighted by molar-refractivity contribution is 0.414. The maximum Gasteiger partial charge on any atom is 0.316 e. The molecule has 0 radical (unpaired) electrons. The van der Waals surface area contributed by atoms with E-state index in [-0.39, 0.29) is 6.04 Å². The fourth-order valence-corrected chi connectivity index (χ4v) is 1.29. The number of hydrogen-bond donors (Lipinski definition) is 1. The summed E-state index contributed by atoms with van der Waals surface area (Å²) >= 11 is 0. The standard InChI is InChI=1S/C12H14N4O2/c1-4-8(2)14-12-16-15-11(18-12)10-7-9(17-3)5-6-13-10/h4-8H,1H2,2-3H3,(H,14,16). The summed E-state index contributed by atoms with van der Waals surface area (Å²) in [5, 5.41) is 10.8. The summed E-state index contributed by atoms with van der Waals surface area (Å²) in [5.41, 5.74) is 0.571. The Hall–Kier alpha value is -2.37. The Morgan fingerprint density at radius 3 is 3.06 bits per heavy atom. The number of aromatic nitrogens is 3. The number of nitrogens with zero attached hydrogens (tertiary/aromatic N) is 3. The minimum atomic E-state index is 0.0524. The fraction of sp³-hybridized carbons (Fsp3) is 0.250. The molecule has 0 aliphatic heterocycles. The van der Waals surface area contributed by atoms with Gasteiger partial charge in [0.15, 0.2) is 0 Å². The van der Waals surface area contributed by atoms with E-state index in [2.05, 4.69) is 27.1 Å². The maximum atomic E-state index is 5.44. The Bertz CT molecular complexity index is 538. The van der Waals surface area contributed by atoms with Crippen LogP contribution in [0.4, 0.5) is 6.01 Å². The van der Waals surface area contributed by atoms with Gasteiger partial charge in [-0.2, -0.15) is 0 Å². The van der Waals surface area contributed by atoms with Crippen molar-refractivity contribution in [2.45, 2.75) is 13.0 Å². The SMILES string of the molecule is C=CC(C)Nc1nnc(-c2cc(OC)ccn2)o1. The summed E-state index contributed by atoms with van der Waals surface area (Å²) < 4.78 is 10.5. The van der Waals surface area contributed by atoms with E-state index in [4.69, 9.17) is 9.15 Å². The van der Waals surface area contributed by atoms with Crippen LogP contribution in [-0.2, 0) is 0 Å². The highest BCUT2D eigenvalue weighted by Crippen LogP contribution is 2.21. The average Bonchev–Trinajstić information content (AvgIpc) is 2.87. The molecule has 6 heteroatoms. The first-order valence-electron chi connectivity index (χ1n) is 5.46. The highest BCUT2D eigenvalue weighted by Gasteiger charge is 2.11. The van der Waals surface area contributed by atoms with Crippen LogP contribution in [0.25, 0.3) is 11.6 Å². The third-order valence-corrected chi connectivity index (χ3v) is 2.32. The van der Waals surface area contributed by atoms with Crippen molar-refractivity contribution >= 4 is 6.01 Å². The first kappa shape index (κ1) is 12.1. The predicted molar refractivity (Wildman–Crippen MR) is 67.4 cm³/mol. The molecule has 0 aliphatic carbocycles. The van der Waals surface area contributed by atoms with E-state index in [0.717, 1.165) is 0 Å². The number of anilines is 1. The van der Waals surface area contributed by atoms with Gasteiger partial charge in [-0.25, -0.2) is 0 Å². The fourth-order valence-electron chi connectivity index (χ4n) is 1.29. The molecule has 6 nitrogen and oxygen atoms in total. The summed E-state index contributed by atoms with van der Waals surface area (Å²) in [6.45, 7) is 5.59. The molecule has 0 saturated heterocycles. The van der Waals surface area contributed by atoms with Crippen molar-refractivity contribution in [3.05, 3.63) is 31.0 Å². The van der Waals surface area contributed by atoms with E-state index in [1.807, 2.05) is 6.92 Å². The van der Waals surface area contributed by atoms with Gasteiger partial charge in [0.05, 0.1) is 7.11 Å². The molecule has 0 saturated carbocycles. The Morgan fingerprint density at radius 2 is 2.33 bits per heavy atom. The van der Waals surface area contributed by atoms with Crippen molar-refractivity contribution in [1.82, 2.24) is 15.2 Å². The third-order valence-electron chi connectivity index (χ3n) is 2.32. The van der Waals surface area contributed by atoms with Crippen molar-refractivity contribution < 1.29 is 9.15 Å². The van der Waals surface area contributed by atoms with Crippen LogP contribution in [-0.4, -0.2) is 28.3 Å². The van der Waals surface area contributed by atoms with Crippen LogP contribution in [0.3, 0.4) is 0 Å². The van der Waals surface area contributed by atoms with Crippen LogP contribution >= 0.6 is 0 Å². The van der Waals surface area contributed by atoms with Gasteiger partial charge in [0.1, 0.15) is 11.4 Å². The molecule has 1 atom stereocenters.